The monoisotopic (exact) mass is 471 g/mol. The topological polar surface area (TPSA) is 140 Å². The second-order valence-corrected chi connectivity index (χ2v) is 7.40. The van der Waals surface area contributed by atoms with Gasteiger partial charge in [0.15, 0.2) is 18.0 Å². The lowest BCUT2D eigenvalue weighted by Gasteiger charge is -2.25. The number of rotatable bonds is 9. The highest BCUT2D eigenvalue weighted by molar-refractivity contribution is 6.37. The number of aromatic hydroxyl groups is 1. The minimum Gasteiger partial charge on any atom is -0.505 e. The van der Waals surface area contributed by atoms with Crippen molar-refractivity contribution >= 4 is 29.4 Å². The van der Waals surface area contributed by atoms with Gasteiger partial charge in [-0.15, -0.1) is 0 Å². The zero-order valence-corrected chi connectivity index (χ0v) is 18.7. The molecule has 0 bridgehead atoms. The van der Waals surface area contributed by atoms with Crippen LogP contribution in [0.15, 0.2) is 48.5 Å². The molecule has 1 aliphatic heterocycles. The molecule has 10 heteroatoms. The van der Waals surface area contributed by atoms with Crippen LogP contribution in [0.5, 0.6) is 5.75 Å². The lowest BCUT2D eigenvalue weighted by molar-refractivity contribution is -0.152. The van der Waals surface area contributed by atoms with Gasteiger partial charge in [0.25, 0.3) is 5.78 Å². The zero-order chi connectivity index (χ0) is 24.8. The number of benzene rings is 2. The summed E-state index contributed by atoms with van der Waals surface area (Å²) < 4.78 is 15.4. The molecular weight excluding hydrogens is 446 g/mol. The molecule has 1 aliphatic rings. The van der Waals surface area contributed by atoms with E-state index in [1.165, 1.54) is 24.3 Å². The van der Waals surface area contributed by atoms with Crippen molar-refractivity contribution in [2.75, 3.05) is 24.6 Å². The van der Waals surface area contributed by atoms with Gasteiger partial charge in [-0.25, -0.2) is 14.4 Å². The number of nitrogens with zero attached hydrogens (tertiary/aromatic N) is 1. The molecule has 3 rings (SSSR count). The lowest BCUT2D eigenvalue weighted by atomic mass is 10.1. The molecule has 0 saturated carbocycles. The molecule has 2 N–H and O–H groups in total. The average molecular weight is 471 g/mol. The van der Waals surface area contributed by atoms with Crippen LogP contribution in [0.1, 0.15) is 34.6 Å². The van der Waals surface area contributed by atoms with Gasteiger partial charge in [0.05, 0.1) is 17.9 Å². The molecule has 2 aromatic carbocycles. The Morgan fingerprint density at radius 2 is 1.71 bits per heavy atom. The van der Waals surface area contributed by atoms with Gasteiger partial charge in [0.2, 0.25) is 6.10 Å². The highest BCUT2D eigenvalue weighted by Gasteiger charge is 2.51. The van der Waals surface area contributed by atoms with Gasteiger partial charge >= 0.3 is 17.9 Å². The molecule has 1 saturated heterocycles. The molecule has 0 amide bonds. The molecule has 0 aliphatic carbocycles. The highest BCUT2D eigenvalue weighted by Crippen LogP contribution is 2.32. The van der Waals surface area contributed by atoms with Crippen molar-refractivity contribution in [3.8, 4) is 5.75 Å². The van der Waals surface area contributed by atoms with E-state index in [2.05, 4.69) is 0 Å². The number of carbonyl (C=O) groups is 4. The number of aliphatic hydroxyl groups is 1. The summed E-state index contributed by atoms with van der Waals surface area (Å²) in [7, 11) is 0. The number of anilines is 1. The fourth-order valence-electron chi connectivity index (χ4n) is 3.58. The first-order valence-corrected chi connectivity index (χ1v) is 10.7. The van der Waals surface area contributed by atoms with Crippen molar-refractivity contribution in [3.63, 3.8) is 0 Å². The van der Waals surface area contributed by atoms with E-state index in [9.17, 15) is 29.4 Å². The van der Waals surface area contributed by atoms with Gasteiger partial charge in [-0.2, -0.15) is 0 Å². The number of para-hydroxylation sites is 1. The number of Topliss-reactive ketones (excluding diaryl/α,β-unsaturated/α-hetero) is 1. The number of hydrogen-bond donors (Lipinski definition) is 2. The van der Waals surface area contributed by atoms with Crippen molar-refractivity contribution < 1.29 is 43.6 Å². The first-order chi connectivity index (χ1) is 16.3. The maximum absolute atomic E-state index is 12.8. The zero-order valence-electron chi connectivity index (χ0n) is 18.7. The van der Waals surface area contributed by atoms with Crippen LogP contribution in [0.2, 0.25) is 0 Å². The molecular formula is C24H25NO9. The summed E-state index contributed by atoms with van der Waals surface area (Å²) in [6.07, 6.45) is -4.82. The molecule has 1 fully saturated rings. The Morgan fingerprint density at radius 1 is 1.03 bits per heavy atom. The number of aliphatic hydroxyl groups excluding tert-OH is 1. The maximum atomic E-state index is 12.8. The molecule has 1 heterocycles. The molecule has 1 unspecified atom stereocenters. The third-order valence-electron chi connectivity index (χ3n) is 5.39. The molecule has 2 aromatic rings. The Morgan fingerprint density at radius 3 is 2.32 bits per heavy atom. The van der Waals surface area contributed by atoms with Crippen LogP contribution >= 0.6 is 0 Å². The first kappa shape index (κ1) is 24.7. The minimum atomic E-state index is -1.78. The summed E-state index contributed by atoms with van der Waals surface area (Å²) in [5.41, 5.74) is 0.339. The third kappa shape index (κ3) is 5.01. The number of cyclic esters (lactones) is 1. The number of phenolic OH excluding ortho intramolecular Hbond substituents is 1. The van der Waals surface area contributed by atoms with Gasteiger partial charge in [-0.1, -0.05) is 24.3 Å². The molecule has 0 spiro atoms. The second-order valence-electron chi connectivity index (χ2n) is 7.40. The quantitative estimate of drug-likeness (QED) is 0.314. The summed E-state index contributed by atoms with van der Waals surface area (Å²) in [6.45, 7) is 4.09. The van der Waals surface area contributed by atoms with E-state index in [1.807, 2.05) is 18.7 Å². The fraction of sp³-hybridized carbons (Fsp3) is 0.333. The average Bonchev–Trinajstić information content (AvgIpc) is 3.12. The Kier molecular flexibility index (Phi) is 7.85. The van der Waals surface area contributed by atoms with Gasteiger partial charge in [0.1, 0.15) is 5.56 Å². The van der Waals surface area contributed by atoms with Crippen molar-refractivity contribution in [2.45, 2.75) is 32.2 Å². The molecule has 180 valence electrons. The van der Waals surface area contributed by atoms with Crippen LogP contribution in [0, 0.1) is 0 Å². The number of carbonyl (C=O) groups excluding carboxylic acids is 4. The van der Waals surface area contributed by atoms with Crippen molar-refractivity contribution in [2.24, 2.45) is 0 Å². The van der Waals surface area contributed by atoms with E-state index in [-0.39, 0.29) is 16.9 Å². The van der Waals surface area contributed by atoms with Crippen LogP contribution in [0.4, 0.5) is 5.69 Å². The number of phenols is 1. The summed E-state index contributed by atoms with van der Waals surface area (Å²) in [5, 5.41) is 20.4. The summed E-state index contributed by atoms with van der Waals surface area (Å²) in [4.78, 5) is 51.3. The molecule has 0 aromatic heterocycles. The Labute approximate surface area is 195 Å². The third-order valence-corrected chi connectivity index (χ3v) is 5.39. The van der Waals surface area contributed by atoms with E-state index in [1.54, 1.807) is 24.3 Å². The standard InChI is InChI=1S/C24H25NO9/c1-3-25(4-2)16-12-8-11-15(18(16)27)23(30)34-21-19(28)24(31)33-20(21)17(13-26)32-22(29)14-9-6-5-7-10-14/h5-12,17,20-21,26-27H,3-4,13H2,1-2H3/t17-,20+,21?/m0/s1. The van der Waals surface area contributed by atoms with Crippen LogP contribution in [-0.4, -0.2) is 71.9 Å². The molecule has 10 nitrogen and oxygen atoms in total. The predicted octanol–water partition coefficient (Wildman–Crippen LogP) is 1.48. The van der Waals surface area contributed by atoms with Crippen LogP contribution in [-0.2, 0) is 23.8 Å². The summed E-state index contributed by atoms with van der Waals surface area (Å²) in [6, 6.07) is 12.3. The SMILES string of the molecule is CCN(CC)c1cccc(C(=O)OC2C(=O)C(=O)O[C@@H]2[C@H](CO)OC(=O)c2ccccc2)c1O. The van der Waals surface area contributed by atoms with Gasteiger partial charge < -0.3 is 29.3 Å². The smallest absolute Gasteiger partial charge is 0.379 e. The Bertz CT molecular complexity index is 1070. The van der Waals surface area contributed by atoms with E-state index in [4.69, 9.17) is 14.2 Å². The van der Waals surface area contributed by atoms with Gasteiger partial charge in [-0.3, -0.25) is 4.79 Å². The molecule has 0 radical (unpaired) electrons. The predicted molar refractivity (Wildman–Crippen MR) is 118 cm³/mol. The number of ether oxygens (including phenoxy) is 3. The van der Waals surface area contributed by atoms with E-state index in [0.717, 1.165) is 0 Å². The summed E-state index contributed by atoms with van der Waals surface area (Å²) in [5.74, 6) is -4.73. The molecule has 3 atom stereocenters. The maximum Gasteiger partial charge on any atom is 0.379 e. The second kappa shape index (κ2) is 10.8. The van der Waals surface area contributed by atoms with Crippen LogP contribution in [0.25, 0.3) is 0 Å². The van der Waals surface area contributed by atoms with Crippen molar-refractivity contribution in [1.29, 1.82) is 0 Å². The fourth-order valence-corrected chi connectivity index (χ4v) is 3.58. The van der Waals surface area contributed by atoms with Crippen LogP contribution < -0.4 is 4.90 Å². The Hall–Kier alpha value is -3.92. The Balaban J connectivity index is 1.82. The molecule has 34 heavy (non-hydrogen) atoms. The van der Waals surface area contributed by atoms with Crippen molar-refractivity contribution in [3.05, 3.63) is 59.7 Å². The van der Waals surface area contributed by atoms with Crippen LogP contribution in [0.3, 0.4) is 0 Å². The van der Waals surface area contributed by atoms with Gasteiger partial charge in [0, 0.05) is 13.1 Å². The highest BCUT2D eigenvalue weighted by atomic mass is 16.6. The van der Waals surface area contributed by atoms with Gasteiger partial charge in [-0.05, 0) is 38.1 Å². The lowest BCUT2D eigenvalue weighted by Crippen LogP contribution is -2.44. The van der Waals surface area contributed by atoms with E-state index >= 15 is 0 Å². The number of hydrogen-bond acceptors (Lipinski definition) is 10. The van der Waals surface area contributed by atoms with E-state index in [0.29, 0.717) is 18.8 Å². The summed E-state index contributed by atoms with van der Waals surface area (Å²) >= 11 is 0. The van der Waals surface area contributed by atoms with E-state index < -0.39 is 48.6 Å². The minimum absolute atomic E-state index is 0.170. The first-order valence-electron chi connectivity index (χ1n) is 10.7. The van der Waals surface area contributed by atoms with Crippen molar-refractivity contribution in [1.82, 2.24) is 0 Å². The number of esters is 3. The largest absolute Gasteiger partial charge is 0.505 e. The normalized spacial score (nSPS) is 18.2. The number of ketones is 1.